The van der Waals surface area contributed by atoms with Gasteiger partial charge in [-0.3, -0.25) is 14.9 Å². The van der Waals surface area contributed by atoms with E-state index in [9.17, 15) is 5.26 Å². The van der Waals surface area contributed by atoms with E-state index in [1.54, 1.807) is 18.5 Å². The Labute approximate surface area is 308 Å². The Balaban J connectivity index is 1.17. The van der Waals surface area contributed by atoms with Crippen molar-refractivity contribution >= 4 is 11.6 Å². The van der Waals surface area contributed by atoms with Gasteiger partial charge in [-0.15, -0.1) is 0 Å². The number of nitrogens with zero attached hydrogens (tertiary/aromatic N) is 5. The standard InChI is InChI=1S/C42H50ClN5O3/c1-30-11-5-8-19-48(30)27-35-22-38(43)42(23-41(35)50-28-34-21-33(24-44)25-45-26-34)51-29-39-31(2)37(14-15-46-39)36-12-9-13-40(32(36)3)49-20-10-18-47-16-6-4-7-17-47/h9,12-15,21-23,25-26,30H,4-8,10-11,16-20,27-29H2,1-3H3/t30-/m1/s1. The van der Waals surface area contributed by atoms with Gasteiger partial charge in [0.25, 0.3) is 0 Å². The zero-order valence-corrected chi connectivity index (χ0v) is 31.1. The third kappa shape index (κ3) is 9.59. The first-order valence-electron chi connectivity index (χ1n) is 18.5. The number of hydrogen-bond acceptors (Lipinski definition) is 8. The maximum Gasteiger partial charge on any atom is 0.142 e. The third-order valence-electron chi connectivity index (χ3n) is 10.3. The zero-order valence-electron chi connectivity index (χ0n) is 30.3. The molecule has 8 nitrogen and oxygen atoms in total. The van der Waals surface area contributed by atoms with Crippen LogP contribution in [0.15, 0.2) is 61.1 Å². The number of piperidine rings is 2. The van der Waals surface area contributed by atoms with Crippen LogP contribution < -0.4 is 14.2 Å². The minimum absolute atomic E-state index is 0.251. The summed E-state index contributed by atoms with van der Waals surface area (Å²) in [5.41, 5.74) is 7.57. The Bertz CT molecular complexity index is 1820. The van der Waals surface area contributed by atoms with Gasteiger partial charge < -0.3 is 19.1 Å². The number of rotatable bonds is 14. The predicted molar refractivity (Wildman–Crippen MR) is 202 cm³/mol. The zero-order chi connectivity index (χ0) is 35.6. The molecule has 2 aromatic heterocycles. The molecule has 0 aliphatic carbocycles. The minimum Gasteiger partial charge on any atom is -0.493 e. The van der Waals surface area contributed by atoms with Gasteiger partial charge >= 0.3 is 0 Å². The van der Waals surface area contributed by atoms with Crippen LogP contribution in [0, 0.1) is 25.2 Å². The smallest absolute Gasteiger partial charge is 0.142 e. The number of benzene rings is 2. The van der Waals surface area contributed by atoms with Crippen molar-refractivity contribution < 1.29 is 14.2 Å². The molecule has 2 saturated heterocycles. The average Bonchev–Trinajstić information content (AvgIpc) is 3.15. The summed E-state index contributed by atoms with van der Waals surface area (Å²) >= 11 is 6.90. The molecule has 2 aromatic carbocycles. The fraction of sp³-hybridized carbons (Fsp3) is 0.452. The lowest BCUT2D eigenvalue weighted by Gasteiger charge is -2.33. The number of likely N-dealkylation sites (tertiary alicyclic amines) is 2. The van der Waals surface area contributed by atoms with Crippen molar-refractivity contribution in [1.82, 2.24) is 19.8 Å². The molecule has 6 rings (SSSR count). The molecule has 0 amide bonds. The Hall–Kier alpha value is -4.16. The van der Waals surface area contributed by atoms with Crippen LogP contribution in [-0.4, -0.2) is 58.6 Å². The highest BCUT2D eigenvalue weighted by atomic mass is 35.5. The Kier molecular flexibility index (Phi) is 12.8. The number of hydrogen-bond donors (Lipinski definition) is 0. The largest absolute Gasteiger partial charge is 0.493 e. The summed E-state index contributed by atoms with van der Waals surface area (Å²) in [6, 6.07) is 16.6. The van der Waals surface area contributed by atoms with E-state index in [2.05, 4.69) is 65.9 Å². The lowest BCUT2D eigenvalue weighted by Crippen LogP contribution is -2.36. The van der Waals surface area contributed by atoms with Crippen LogP contribution in [0.3, 0.4) is 0 Å². The molecule has 268 valence electrons. The summed E-state index contributed by atoms with van der Waals surface area (Å²) in [4.78, 5) is 13.9. The van der Waals surface area contributed by atoms with Crippen molar-refractivity contribution in [2.45, 2.75) is 91.5 Å². The van der Waals surface area contributed by atoms with E-state index in [-0.39, 0.29) is 13.2 Å². The Morgan fingerprint density at radius 2 is 1.67 bits per heavy atom. The van der Waals surface area contributed by atoms with Gasteiger partial charge in [-0.2, -0.15) is 5.26 Å². The number of nitriles is 1. The summed E-state index contributed by atoms with van der Waals surface area (Å²) in [6.07, 6.45) is 13.7. The van der Waals surface area contributed by atoms with Gasteiger partial charge in [0, 0.05) is 54.9 Å². The van der Waals surface area contributed by atoms with E-state index in [0.717, 1.165) is 70.9 Å². The van der Waals surface area contributed by atoms with E-state index >= 15 is 0 Å². The van der Waals surface area contributed by atoms with Gasteiger partial charge in [0.05, 0.1) is 22.9 Å². The van der Waals surface area contributed by atoms with Gasteiger partial charge in [-0.25, -0.2) is 0 Å². The number of ether oxygens (including phenoxy) is 3. The van der Waals surface area contributed by atoms with Gasteiger partial charge in [-0.1, -0.05) is 36.6 Å². The minimum atomic E-state index is 0.251. The second-order valence-electron chi connectivity index (χ2n) is 13.9. The maximum atomic E-state index is 9.34. The Morgan fingerprint density at radius 1 is 0.863 bits per heavy atom. The van der Waals surface area contributed by atoms with Crippen molar-refractivity contribution in [2.24, 2.45) is 0 Å². The lowest BCUT2D eigenvalue weighted by atomic mass is 9.96. The van der Waals surface area contributed by atoms with E-state index in [1.807, 2.05) is 18.3 Å². The Morgan fingerprint density at radius 3 is 2.49 bits per heavy atom. The molecule has 0 saturated carbocycles. The fourth-order valence-corrected chi connectivity index (χ4v) is 7.46. The monoisotopic (exact) mass is 707 g/mol. The van der Waals surface area contributed by atoms with E-state index in [0.29, 0.717) is 34.7 Å². The predicted octanol–water partition coefficient (Wildman–Crippen LogP) is 9.07. The van der Waals surface area contributed by atoms with Gasteiger partial charge in [0.1, 0.15) is 36.5 Å². The molecule has 0 radical (unpaired) electrons. The van der Waals surface area contributed by atoms with Gasteiger partial charge in [-0.05, 0) is 119 Å². The third-order valence-corrected chi connectivity index (χ3v) is 10.6. The van der Waals surface area contributed by atoms with Crippen LogP contribution in [0.1, 0.15) is 85.4 Å². The molecular weight excluding hydrogens is 658 g/mol. The number of aromatic nitrogens is 2. The SMILES string of the molecule is Cc1c(OCCCN2CCCCC2)cccc1-c1ccnc(COc2cc(OCc3cncc(C#N)c3)c(CN3CCCC[C@H]3C)cc2Cl)c1C. The summed E-state index contributed by atoms with van der Waals surface area (Å²) in [7, 11) is 0. The summed E-state index contributed by atoms with van der Waals surface area (Å²) < 4.78 is 19.1. The average molecular weight is 708 g/mol. The second kappa shape index (κ2) is 17.9. The van der Waals surface area contributed by atoms with Crippen LogP contribution in [0.5, 0.6) is 17.2 Å². The molecule has 9 heteroatoms. The molecule has 4 heterocycles. The highest BCUT2D eigenvalue weighted by molar-refractivity contribution is 6.32. The van der Waals surface area contributed by atoms with E-state index in [4.69, 9.17) is 30.8 Å². The number of halogens is 1. The van der Waals surface area contributed by atoms with Crippen LogP contribution in [0.4, 0.5) is 0 Å². The van der Waals surface area contributed by atoms with Gasteiger partial charge in [0.15, 0.2) is 0 Å². The molecular formula is C42H50ClN5O3. The topological polar surface area (TPSA) is 83.7 Å². The summed E-state index contributed by atoms with van der Waals surface area (Å²) in [6.45, 7) is 13.0. The van der Waals surface area contributed by atoms with Crippen molar-refractivity contribution in [1.29, 1.82) is 5.26 Å². The fourth-order valence-electron chi connectivity index (χ4n) is 7.22. The molecule has 0 N–H and O–H groups in total. The molecule has 2 aliphatic rings. The summed E-state index contributed by atoms with van der Waals surface area (Å²) in [5, 5.41) is 9.88. The van der Waals surface area contributed by atoms with E-state index < -0.39 is 0 Å². The van der Waals surface area contributed by atoms with Crippen LogP contribution in [0.2, 0.25) is 5.02 Å². The first-order chi connectivity index (χ1) is 24.9. The maximum absolute atomic E-state index is 9.34. The second-order valence-corrected chi connectivity index (χ2v) is 14.3. The molecule has 4 aromatic rings. The molecule has 51 heavy (non-hydrogen) atoms. The van der Waals surface area contributed by atoms with Crippen molar-refractivity contribution in [2.75, 3.05) is 32.8 Å². The molecule has 1 atom stereocenters. The lowest BCUT2D eigenvalue weighted by molar-refractivity contribution is 0.150. The van der Waals surface area contributed by atoms with Crippen molar-refractivity contribution in [3.8, 4) is 34.4 Å². The first-order valence-corrected chi connectivity index (χ1v) is 18.8. The van der Waals surface area contributed by atoms with E-state index in [1.165, 1.54) is 51.6 Å². The number of pyridine rings is 2. The summed E-state index contributed by atoms with van der Waals surface area (Å²) in [5.74, 6) is 2.17. The molecule has 0 unspecified atom stereocenters. The first kappa shape index (κ1) is 36.6. The van der Waals surface area contributed by atoms with Gasteiger partial charge in [0.2, 0.25) is 0 Å². The molecule has 0 bridgehead atoms. The highest BCUT2D eigenvalue weighted by Crippen LogP contribution is 2.37. The molecule has 2 fully saturated rings. The van der Waals surface area contributed by atoms with Crippen LogP contribution in [0.25, 0.3) is 11.1 Å². The van der Waals surface area contributed by atoms with Crippen LogP contribution in [-0.2, 0) is 19.8 Å². The van der Waals surface area contributed by atoms with Crippen molar-refractivity contribution in [3.05, 3.63) is 99.6 Å². The molecule has 0 spiro atoms. The van der Waals surface area contributed by atoms with Crippen LogP contribution >= 0.6 is 11.6 Å². The molecule has 2 aliphatic heterocycles. The normalized spacial score (nSPS) is 16.8. The highest BCUT2D eigenvalue weighted by Gasteiger charge is 2.22. The van der Waals surface area contributed by atoms with Crippen molar-refractivity contribution in [3.63, 3.8) is 0 Å². The quantitative estimate of drug-likeness (QED) is 0.120.